The van der Waals surface area contributed by atoms with Gasteiger partial charge in [-0.25, -0.2) is 0 Å². The third-order valence-electron chi connectivity index (χ3n) is 2.99. The van der Waals surface area contributed by atoms with Crippen molar-refractivity contribution >= 4 is 11.8 Å². The summed E-state index contributed by atoms with van der Waals surface area (Å²) < 4.78 is 5.04. The maximum absolute atomic E-state index is 11.8. The molecule has 1 aliphatic rings. The number of rotatable bonds is 3. The Kier molecular flexibility index (Phi) is 3.75. The molecule has 2 N–H and O–H groups in total. The summed E-state index contributed by atoms with van der Waals surface area (Å²) in [5, 5.41) is 9.80. The van der Waals surface area contributed by atoms with Crippen LogP contribution in [0.2, 0.25) is 0 Å². The van der Waals surface area contributed by atoms with Gasteiger partial charge in [0.2, 0.25) is 11.8 Å². The Morgan fingerprint density at radius 1 is 1.47 bits per heavy atom. The highest BCUT2D eigenvalue weighted by atomic mass is 16.5. The molecular formula is C11H18N4O2. The van der Waals surface area contributed by atoms with Gasteiger partial charge < -0.3 is 9.84 Å². The number of piperazine rings is 1. The van der Waals surface area contributed by atoms with E-state index in [9.17, 15) is 4.79 Å². The first-order valence-corrected chi connectivity index (χ1v) is 5.82. The highest BCUT2D eigenvalue weighted by Gasteiger charge is 2.16. The molecule has 0 aliphatic carbocycles. The fourth-order valence-electron chi connectivity index (χ4n) is 1.77. The number of hydrogen-bond acceptors (Lipinski definition) is 5. The highest BCUT2D eigenvalue weighted by Crippen LogP contribution is 2.17. The number of carbonyl (C=O) groups is 1. The van der Waals surface area contributed by atoms with Crippen molar-refractivity contribution in [1.29, 1.82) is 0 Å². The van der Waals surface area contributed by atoms with Gasteiger partial charge in [-0.1, -0.05) is 5.16 Å². The summed E-state index contributed by atoms with van der Waals surface area (Å²) in [5.74, 6) is 0.411. The summed E-state index contributed by atoms with van der Waals surface area (Å²) in [6.45, 7) is 7.82. The number of amides is 1. The Balaban J connectivity index is 1.86. The standard InChI is InChI=1S/C11H18N4O2/c1-8-9(2)14-17-11(8)13-10(16)7-15-5-3-12-4-6-15/h12H,3-7H2,1-2H3,(H,13,16). The third-order valence-corrected chi connectivity index (χ3v) is 2.99. The monoisotopic (exact) mass is 238 g/mol. The van der Waals surface area contributed by atoms with Crippen molar-refractivity contribution < 1.29 is 9.32 Å². The van der Waals surface area contributed by atoms with E-state index in [1.807, 2.05) is 13.8 Å². The lowest BCUT2D eigenvalue weighted by Crippen LogP contribution is -2.46. The SMILES string of the molecule is Cc1noc(NC(=O)CN2CCNCC2)c1C. The second kappa shape index (κ2) is 5.29. The van der Waals surface area contributed by atoms with Gasteiger partial charge in [0.15, 0.2) is 0 Å². The van der Waals surface area contributed by atoms with Crippen LogP contribution in [0.25, 0.3) is 0 Å². The van der Waals surface area contributed by atoms with Gasteiger partial charge >= 0.3 is 0 Å². The molecule has 1 aromatic heterocycles. The fourth-order valence-corrected chi connectivity index (χ4v) is 1.77. The quantitative estimate of drug-likeness (QED) is 0.783. The number of anilines is 1. The highest BCUT2D eigenvalue weighted by molar-refractivity contribution is 5.91. The average molecular weight is 238 g/mol. The van der Waals surface area contributed by atoms with Crippen molar-refractivity contribution in [2.24, 2.45) is 0 Å². The van der Waals surface area contributed by atoms with E-state index in [4.69, 9.17) is 4.52 Å². The van der Waals surface area contributed by atoms with Crippen LogP contribution in [0.5, 0.6) is 0 Å². The first-order valence-electron chi connectivity index (χ1n) is 5.82. The topological polar surface area (TPSA) is 70.4 Å². The van der Waals surface area contributed by atoms with Crippen LogP contribution >= 0.6 is 0 Å². The maximum Gasteiger partial charge on any atom is 0.240 e. The third kappa shape index (κ3) is 3.04. The molecule has 1 fully saturated rings. The van der Waals surface area contributed by atoms with Crippen LogP contribution < -0.4 is 10.6 Å². The number of nitrogens with one attached hydrogen (secondary N) is 2. The molecule has 0 radical (unpaired) electrons. The van der Waals surface area contributed by atoms with Gasteiger partial charge in [0.05, 0.1) is 12.2 Å². The van der Waals surface area contributed by atoms with Gasteiger partial charge in [0, 0.05) is 31.7 Å². The van der Waals surface area contributed by atoms with E-state index in [1.54, 1.807) is 0 Å². The summed E-state index contributed by atoms with van der Waals surface area (Å²) in [6, 6.07) is 0. The van der Waals surface area contributed by atoms with Crippen LogP contribution in [0.4, 0.5) is 5.88 Å². The van der Waals surface area contributed by atoms with Crippen LogP contribution in [0.15, 0.2) is 4.52 Å². The van der Waals surface area contributed by atoms with Crippen LogP contribution in [-0.4, -0.2) is 48.7 Å². The predicted molar refractivity (Wildman–Crippen MR) is 63.9 cm³/mol. The van der Waals surface area contributed by atoms with E-state index in [2.05, 4.69) is 20.7 Å². The zero-order valence-corrected chi connectivity index (χ0v) is 10.2. The van der Waals surface area contributed by atoms with Crippen molar-refractivity contribution in [3.05, 3.63) is 11.3 Å². The van der Waals surface area contributed by atoms with Crippen molar-refractivity contribution in [1.82, 2.24) is 15.4 Å². The number of nitrogens with zero attached hydrogens (tertiary/aromatic N) is 2. The second-order valence-electron chi connectivity index (χ2n) is 4.30. The molecule has 0 bridgehead atoms. The zero-order chi connectivity index (χ0) is 12.3. The van der Waals surface area contributed by atoms with Gasteiger partial charge in [-0.3, -0.25) is 15.0 Å². The normalized spacial score (nSPS) is 17.1. The van der Waals surface area contributed by atoms with Crippen molar-refractivity contribution in [2.45, 2.75) is 13.8 Å². The Bertz CT molecular complexity index is 396. The van der Waals surface area contributed by atoms with E-state index in [0.717, 1.165) is 37.4 Å². The summed E-state index contributed by atoms with van der Waals surface area (Å²) in [5.41, 5.74) is 1.70. The first-order chi connectivity index (χ1) is 8.16. The molecule has 94 valence electrons. The smallest absolute Gasteiger partial charge is 0.240 e. The largest absolute Gasteiger partial charge is 0.338 e. The predicted octanol–water partition coefficient (Wildman–Crippen LogP) is 0.135. The lowest BCUT2D eigenvalue weighted by atomic mass is 10.3. The van der Waals surface area contributed by atoms with E-state index in [0.29, 0.717) is 12.4 Å². The summed E-state index contributed by atoms with van der Waals surface area (Å²) in [7, 11) is 0. The molecule has 1 aliphatic heterocycles. The molecule has 0 aromatic carbocycles. The molecule has 1 amide bonds. The van der Waals surface area contributed by atoms with Gasteiger partial charge in [0.1, 0.15) is 0 Å². The minimum atomic E-state index is -0.0499. The molecule has 17 heavy (non-hydrogen) atoms. The molecule has 2 heterocycles. The van der Waals surface area contributed by atoms with E-state index >= 15 is 0 Å². The van der Waals surface area contributed by atoms with Gasteiger partial charge in [-0.05, 0) is 13.8 Å². The Morgan fingerprint density at radius 2 is 2.18 bits per heavy atom. The van der Waals surface area contributed by atoms with E-state index < -0.39 is 0 Å². The summed E-state index contributed by atoms with van der Waals surface area (Å²) in [4.78, 5) is 13.9. The molecule has 0 saturated carbocycles. The molecule has 0 spiro atoms. The number of carbonyl (C=O) groups excluding carboxylic acids is 1. The first kappa shape index (κ1) is 12.1. The van der Waals surface area contributed by atoms with Gasteiger partial charge in [-0.15, -0.1) is 0 Å². The minimum absolute atomic E-state index is 0.0499. The van der Waals surface area contributed by atoms with Crippen molar-refractivity contribution in [3.63, 3.8) is 0 Å². The number of aryl methyl sites for hydroxylation is 1. The molecule has 6 heteroatoms. The van der Waals surface area contributed by atoms with Crippen LogP contribution in [0.3, 0.4) is 0 Å². The lowest BCUT2D eigenvalue weighted by molar-refractivity contribution is -0.117. The van der Waals surface area contributed by atoms with Crippen molar-refractivity contribution in [2.75, 3.05) is 38.0 Å². The maximum atomic E-state index is 11.8. The lowest BCUT2D eigenvalue weighted by Gasteiger charge is -2.26. The Hall–Kier alpha value is -1.40. The van der Waals surface area contributed by atoms with Crippen molar-refractivity contribution in [3.8, 4) is 0 Å². The van der Waals surface area contributed by atoms with Crippen LogP contribution in [0.1, 0.15) is 11.3 Å². The summed E-state index contributed by atoms with van der Waals surface area (Å²) >= 11 is 0. The Labute approximate surface area is 100 Å². The molecule has 0 atom stereocenters. The van der Waals surface area contributed by atoms with Gasteiger partial charge in [0.25, 0.3) is 0 Å². The average Bonchev–Trinajstić information content (AvgIpc) is 2.62. The number of hydrogen-bond donors (Lipinski definition) is 2. The molecule has 0 unspecified atom stereocenters. The molecule has 1 saturated heterocycles. The molecule has 1 aromatic rings. The van der Waals surface area contributed by atoms with Gasteiger partial charge in [-0.2, -0.15) is 0 Å². The fraction of sp³-hybridized carbons (Fsp3) is 0.636. The minimum Gasteiger partial charge on any atom is -0.338 e. The molecule has 2 rings (SSSR count). The zero-order valence-electron chi connectivity index (χ0n) is 10.2. The van der Waals surface area contributed by atoms with Crippen LogP contribution in [0, 0.1) is 13.8 Å². The second-order valence-corrected chi connectivity index (χ2v) is 4.30. The van der Waals surface area contributed by atoms with Crippen LogP contribution in [-0.2, 0) is 4.79 Å². The van der Waals surface area contributed by atoms with E-state index in [-0.39, 0.29) is 5.91 Å². The molecule has 6 nitrogen and oxygen atoms in total. The van der Waals surface area contributed by atoms with E-state index in [1.165, 1.54) is 0 Å². The summed E-state index contributed by atoms with van der Waals surface area (Å²) in [6.07, 6.45) is 0. The number of aromatic nitrogens is 1. The Morgan fingerprint density at radius 3 is 2.76 bits per heavy atom. The molecular weight excluding hydrogens is 220 g/mol.